The van der Waals surface area contributed by atoms with Gasteiger partial charge in [0, 0.05) is 11.9 Å². The molecule has 0 aliphatic heterocycles. The molecule has 156 valence electrons. The van der Waals surface area contributed by atoms with Crippen LogP contribution in [0.3, 0.4) is 0 Å². The van der Waals surface area contributed by atoms with Gasteiger partial charge in [-0.15, -0.1) is 0 Å². The van der Waals surface area contributed by atoms with E-state index in [1.165, 1.54) is 18.3 Å². The lowest BCUT2D eigenvalue weighted by atomic mass is 9.79. The molecule has 6 nitrogen and oxygen atoms in total. The van der Waals surface area contributed by atoms with Gasteiger partial charge in [-0.3, -0.25) is 9.48 Å². The van der Waals surface area contributed by atoms with Crippen molar-refractivity contribution >= 4 is 22.4 Å². The van der Waals surface area contributed by atoms with Crippen LogP contribution in [-0.4, -0.2) is 14.8 Å². The number of hydrogen-bond donors (Lipinski definition) is 2. The number of halogens is 3. The Balaban J connectivity index is 1.80. The number of rotatable bonds is 4. The number of nitrogens with zero attached hydrogens (tertiary/aromatic N) is 3. The lowest BCUT2D eigenvalue weighted by Crippen LogP contribution is -2.36. The number of aromatic nitrogens is 3. The van der Waals surface area contributed by atoms with Crippen molar-refractivity contribution in [2.24, 2.45) is 0 Å². The van der Waals surface area contributed by atoms with E-state index in [0.29, 0.717) is 16.6 Å². The first-order valence-corrected chi connectivity index (χ1v) is 9.76. The van der Waals surface area contributed by atoms with Crippen LogP contribution < -0.4 is 10.9 Å². The number of hydrogen-bond acceptors (Lipinski definition) is 4. The van der Waals surface area contributed by atoms with E-state index < -0.39 is 17.3 Å². The van der Waals surface area contributed by atoms with Crippen LogP contribution >= 0.6 is 0 Å². The average molecular weight is 415 g/mol. The van der Waals surface area contributed by atoms with Crippen molar-refractivity contribution in [2.75, 3.05) is 5.32 Å². The highest BCUT2D eigenvalue weighted by Gasteiger charge is 2.37. The molecule has 2 aromatic heterocycles. The second kappa shape index (κ2) is 7.52. The summed E-state index contributed by atoms with van der Waals surface area (Å²) in [6, 6.07) is 8.56. The minimum Gasteiger partial charge on any atom is -0.338 e. The zero-order valence-electron chi connectivity index (χ0n) is 16.1. The van der Waals surface area contributed by atoms with E-state index >= 15 is 0 Å². The standard InChI is InChI=1S/C21H20F3N5O/c22-21(23,24)14-4-6-15(7-5-14)27-18-17-16(8-13-26-19(17)30)29(28-18)20(11-12-25)9-2-1-3-10-20/h4-8,13H,1-3,9-11H2,(H,26,30)(H,27,28). The van der Waals surface area contributed by atoms with Gasteiger partial charge in [0.2, 0.25) is 0 Å². The highest BCUT2D eigenvalue weighted by atomic mass is 19.4. The van der Waals surface area contributed by atoms with Crippen LogP contribution in [0.4, 0.5) is 24.7 Å². The fourth-order valence-electron chi connectivity index (χ4n) is 4.23. The van der Waals surface area contributed by atoms with Gasteiger partial charge in [-0.05, 0) is 43.2 Å². The van der Waals surface area contributed by atoms with Gasteiger partial charge in [0.15, 0.2) is 5.82 Å². The second-order valence-electron chi connectivity index (χ2n) is 7.65. The van der Waals surface area contributed by atoms with Crippen molar-refractivity contribution in [3.8, 4) is 6.07 Å². The lowest BCUT2D eigenvalue weighted by Gasteiger charge is -2.36. The van der Waals surface area contributed by atoms with Gasteiger partial charge in [0.25, 0.3) is 5.56 Å². The summed E-state index contributed by atoms with van der Waals surface area (Å²) in [6.07, 6.45) is 1.97. The fraction of sp³-hybridized carbons (Fsp3) is 0.381. The van der Waals surface area contributed by atoms with Gasteiger partial charge in [-0.25, -0.2) is 0 Å². The molecule has 30 heavy (non-hydrogen) atoms. The molecule has 1 aromatic carbocycles. The van der Waals surface area contributed by atoms with Gasteiger partial charge in [0.05, 0.1) is 29.1 Å². The lowest BCUT2D eigenvalue weighted by molar-refractivity contribution is -0.137. The minimum absolute atomic E-state index is 0.259. The molecule has 1 aliphatic rings. The number of fused-ring (bicyclic) bond motifs is 1. The Kier molecular flexibility index (Phi) is 5.02. The second-order valence-corrected chi connectivity index (χ2v) is 7.65. The molecule has 4 rings (SSSR count). The smallest absolute Gasteiger partial charge is 0.338 e. The van der Waals surface area contributed by atoms with Gasteiger partial charge < -0.3 is 10.3 Å². The summed E-state index contributed by atoms with van der Waals surface area (Å²) in [6.45, 7) is 0. The van der Waals surface area contributed by atoms with E-state index in [-0.39, 0.29) is 17.8 Å². The number of H-pyrrole nitrogens is 1. The molecule has 2 N–H and O–H groups in total. The molecule has 1 saturated carbocycles. The number of nitrogens with one attached hydrogen (secondary N) is 2. The highest BCUT2D eigenvalue weighted by molar-refractivity contribution is 5.91. The molecule has 1 fully saturated rings. The molecular formula is C21H20F3N5O. The van der Waals surface area contributed by atoms with Crippen molar-refractivity contribution in [2.45, 2.75) is 50.2 Å². The number of pyridine rings is 1. The van der Waals surface area contributed by atoms with Gasteiger partial charge >= 0.3 is 6.18 Å². The molecule has 0 atom stereocenters. The molecule has 2 heterocycles. The topological polar surface area (TPSA) is 86.5 Å². The minimum atomic E-state index is -4.42. The molecule has 0 saturated heterocycles. The first-order valence-electron chi connectivity index (χ1n) is 9.76. The molecular weight excluding hydrogens is 395 g/mol. The molecule has 9 heteroatoms. The van der Waals surface area contributed by atoms with Crippen molar-refractivity contribution < 1.29 is 13.2 Å². The Morgan fingerprint density at radius 3 is 2.50 bits per heavy atom. The molecule has 1 aliphatic carbocycles. The Labute approximate surface area is 170 Å². The summed E-state index contributed by atoms with van der Waals surface area (Å²) in [7, 11) is 0. The van der Waals surface area contributed by atoms with Crippen molar-refractivity contribution in [3.63, 3.8) is 0 Å². The third-order valence-corrected chi connectivity index (χ3v) is 5.72. The Bertz CT molecular complexity index is 1150. The molecule has 0 unspecified atom stereocenters. The summed E-state index contributed by atoms with van der Waals surface area (Å²) in [5.74, 6) is 0.259. The molecule has 0 spiro atoms. The van der Waals surface area contributed by atoms with E-state index in [1.807, 2.05) is 0 Å². The van der Waals surface area contributed by atoms with E-state index in [4.69, 9.17) is 0 Å². The molecule has 0 amide bonds. The van der Waals surface area contributed by atoms with Crippen molar-refractivity contribution in [1.82, 2.24) is 14.8 Å². The van der Waals surface area contributed by atoms with Crippen LogP contribution in [0.2, 0.25) is 0 Å². The van der Waals surface area contributed by atoms with Crippen LogP contribution in [0.15, 0.2) is 41.3 Å². The first-order chi connectivity index (χ1) is 14.3. The molecule has 0 radical (unpaired) electrons. The maximum absolute atomic E-state index is 12.8. The van der Waals surface area contributed by atoms with Crippen LogP contribution in [0.25, 0.3) is 10.9 Å². The third kappa shape index (κ3) is 3.54. The number of anilines is 2. The maximum atomic E-state index is 12.8. The monoisotopic (exact) mass is 415 g/mol. The van der Waals surface area contributed by atoms with E-state index in [9.17, 15) is 23.2 Å². The Morgan fingerprint density at radius 2 is 1.87 bits per heavy atom. The fourth-order valence-corrected chi connectivity index (χ4v) is 4.23. The summed E-state index contributed by atoms with van der Waals surface area (Å²) in [4.78, 5) is 15.2. The zero-order chi connectivity index (χ0) is 21.4. The maximum Gasteiger partial charge on any atom is 0.416 e. The highest BCUT2D eigenvalue weighted by Crippen LogP contribution is 2.40. The molecule has 3 aromatic rings. The van der Waals surface area contributed by atoms with E-state index in [1.54, 1.807) is 10.7 Å². The Morgan fingerprint density at radius 1 is 1.17 bits per heavy atom. The van der Waals surface area contributed by atoms with Crippen molar-refractivity contribution in [1.29, 1.82) is 5.26 Å². The average Bonchev–Trinajstić information content (AvgIpc) is 3.09. The predicted octanol–water partition coefficient (Wildman–Crippen LogP) is 5.06. The third-order valence-electron chi connectivity index (χ3n) is 5.72. The SMILES string of the molecule is N#CCC1(n2nc(Nc3ccc(C(F)(F)F)cc3)c3c(=O)[nH]ccc32)CCCCC1. The zero-order valence-corrected chi connectivity index (χ0v) is 16.1. The van der Waals surface area contributed by atoms with Gasteiger partial charge in [-0.1, -0.05) is 19.3 Å². The van der Waals surface area contributed by atoms with Crippen LogP contribution in [0, 0.1) is 11.3 Å². The first kappa shape index (κ1) is 20.0. The summed E-state index contributed by atoms with van der Waals surface area (Å²) < 4.78 is 40.2. The quantitative estimate of drug-likeness (QED) is 0.624. The predicted molar refractivity (Wildman–Crippen MR) is 106 cm³/mol. The summed E-state index contributed by atoms with van der Waals surface area (Å²) in [5.41, 5.74) is -0.618. The van der Waals surface area contributed by atoms with E-state index in [2.05, 4.69) is 21.5 Å². The number of nitriles is 1. The normalized spacial score (nSPS) is 16.3. The molecule has 0 bridgehead atoms. The van der Waals surface area contributed by atoms with Crippen LogP contribution in [0.1, 0.15) is 44.1 Å². The van der Waals surface area contributed by atoms with E-state index in [0.717, 1.165) is 44.2 Å². The number of alkyl halides is 3. The number of aromatic amines is 1. The van der Waals surface area contributed by atoms with Crippen LogP contribution in [0.5, 0.6) is 0 Å². The van der Waals surface area contributed by atoms with Crippen molar-refractivity contribution in [3.05, 3.63) is 52.4 Å². The number of benzene rings is 1. The van der Waals surface area contributed by atoms with Gasteiger partial charge in [-0.2, -0.15) is 23.5 Å². The summed E-state index contributed by atoms with van der Waals surface area (Å²) in [5, 5.41) is 17.4. The summed E-state index contributed by atoms with van der Waals surface area (Å²) >= 11 is 0. The van der Waals surface area contributed by atoms with Gasteiger partial charge in [0.1, 0.15) is 5.39 Å². The van der Waals surface area contributed by atoms with Crippen LogP contribution in [-0.2, 0) is 11.7 Å². The Hall–Kier alpha value is -3.28. The largest absolute Gasteiger partial charge is 0.416 e.